The fourth-order valence-electron chi connectivity index (χ4n) is 2.38. The van der Waals surface area contributed by atoms with E-state index in [0.717, 1.165) is 12.8 Å². The molecule has 2 N–H and O–H groups in total. The zero-order valence-electron chi connectivity index (χ0n) is 10.7. The van der Waals surface area contributed by atoms with Crippen molar-refractivity contribution in [1.82, 2.24) is 4.31 Å². The molecule has 0 spiro atoms. The predicted molar refractivity (Wildman–Crippen MR) is 74.4 cm³/mol. The molecule has 6 heteroatoms. The molecule has 0 aliphatic carbocycles. The Balaban J connectivity index is 3.00. The summed E-state index contributed by atoms with van der Waals surface area (Å²) < 4.78 is 26.5. The second-order valence-electron chi connectivity index (χ2n) is 4.82. The van der Waals surface area contributed by atoms with Crippen molar-refractivity contribution in [2.75, 3.05) is 6.54 Å². The average Bonchev–Trinajstić information content (AvgIpc) is 2.21. The number of nitrogens with zero attached hydrogens (tertiary/aromatic N) is 1. The van der Waals surface area contributed by atoms with Crippen LogP contribution in [0.4, 0.5) is 0 Å². The highest BCUT2D eigenvalue weighted by atomic mass is 32.2. The molecule has 0 amide bonds. The SMILES string of the molecule is CCC(C(N)=S)S(=O)(=O)N1CCCC(C)C1C. The number of nitrogens with two attached hydrogens (primary N) is 1. The van der Waals surface area contributed by atoms with Gasteiger partial charge in [-0.05, 0) is 32.1 Å². The molecule has 1 aliphatic rings. The van der Waals surface area contributed by atoms with Crippen LogP contribution < -0.4 is 5.73 Å². The summed E-state index contributed by atoms with van der Waals surface area (Å²) in [5, 5.41) is -0.717. The van der Waals surface area contributed by atoms with Crippen molar-refractivity contribution in [3.05, 3.63) is 0 Å². The zero-order chi connectivity index (χ0) is 13.2. The van der Waals surface area contributed by atoms with Gasteiger partial charge in [0.1, 0.15) is 5.25 Å². The molecule has 0 aromatic carbocycles. The smallest absolute Gasteiger partial charge is 0.223 e. The van der Waals surface area contributed by atoms with Crippen molar-refractivity contribution in [3.8, 4) is 0 Å². The second-order valence-corrected chi connectivity index (χ2v) is 7.35. The highest BCUT2D eigenvalue weighted by molar-refractivity contribution is 7.92. The number of thiocarbonyl (C=S) groups is 1. The van der Waals surface area contributed by atoms with E-state index in [0.29, 0.717) is 18.9 Å². The number of hydrogen-bond acceptors (Lipinski definition) is 3. The first-order valence-electron chi connectivity index (χ1n) is 6.12. The van der Waals surface area contributed by atoms with E-state index in [1.54, 1.807) is 11.2 Å². The largest absolute Gasteiger partial charge is 0.392 e. The summed E-state index contributed by atoms with van der Waals surface area (Å²) >= 11 is 4.87. The Morgan fingerprint density at radius 3 is 2.59 bits per heavy atom. The van der Waals surface area contributed by atoms with Crippen LogP contribution >= 0.6 is 12.2 Å². The molecule has 0 bridgehead atoms. The van der Waals surface area contributed by atoms with Gasteiger partial charge in [-0.2, -0.15) is 4.31 Å². The lowest BCUT2D eigenvalue weighted by atomic mass is 9.94. The molecule has 3 atom stereocenters. The summed E-state index contributed by atoms with van der Waals surface area (Å²) in [4.78, 5) is 0.0814. The van der Waals surface area contributed by atoms with Crippen molar-refractivity contribution in [2.45, 2.75) is 51.3 Å². The lowest BCUT2D eigenvalue weighted by Gasteiger charge is -2.38. The summed E-state index contributed by atoms with van der Waals surface area (Å²) in [5.74, 6) is 0.391. The molecule has 1 aliphatic heterocycles. The first-order chi connectivity index (χ1) is 7.82. The molecule has 1 fully saturated rings. The van der Waals surface area contributed by atoms with Gasteiger partial charge in [0.2, 0.25) is 10.0 Å². The normalized spacial score (nSPS) is 28.9. The number of piperidine rings is 1. The molecular weight excluding hydrogens is 256 g/mol. The van der Waals surface area contributed by atoms with Crippen molar-refractivity contribution < 1.29 is 8.42 Å². The van der Waals surface area contributed by atoms with Crippen LogP contribution in [0.25, 0.3) is 0 Å². The van der Waals surface area contributed by atoms with Gasteiger partial charge in [0.05, 0.1) is 4.99 Å². The quantitative estimate of drug-likeness (QED) is 0.792. The highest BCUT2D eigenvalue weighted by Crippen LogP contribution is 2.27. The van der Waals surface area contributed by atoms with Crippen LogP contribution in [-0.2, 0) is 10.0 Å². The minimum Gasteiger partial charge on any atom is -0.392 e. The van der Waals surface area contributed by atoms with Gasteiger partial charge in [-0.15, -0.1) is 0 Å². The van der Waals surface area contributed by atoms with Crippen LogP contribution in [0.3, 0.4) is 0 Å². The topological polar surface area (TPSA) is 63.4 Å². The van der Waals surface area contributed by atoms with Crippen molar-refractivity contribution in [3.63, 3.8) is 0 Å². The Bertz CT molecular complexity index is 381. The first-order valence-corrected chi connectivity index (χ1v) is 8.03. The van der Waals surface area contributed by atoms with Gasteiger partial charge < -0.3 is 5.73 Å². The van der Waals surface area contributed by atoms with Crippen LogP contribution in [0, 0.1) is 5.92 Å². The average molecular weight is 278 g/mol. The minimum absolute atomic E-state index is 0.0390. The fourth-order valence-corrected chi connectivity index (χ4v) is 5.01. The molecule has 0 aromatic rings. The zero-order valence-corrected chi connectivity index (χ0v) is 12.4. The summed E-state index contributed by atoms with van der Waals surface area (Å²) in [5.41, 5.74) is 5.55. The molecule has 1 rings (SSSR count). The Kier molecular flexibility index (Phi) is 4.92. The van der Waals surface area contributed by atoms with E-state index in [9.17, 15) is 8.42 Å². The summed E-state index contributed by atoms with van der Waals surface area (Å²) in [7, 11) is -3.39. The van der Waals surface area contributed by atoms with Crippen LogP contribution in [0.15, 0.2) is 0 Å². The number of hydrogen-bond donors (Lipinski definition) is 1. The number of sulfonamides is 1. The van der Waals surface area contributed by atoms with Gasteiger partial charge in [-0.1, -0.05) is 26.1 Å². The third kappa shape index (κ3) is 2.98. The van der Waals surface area contributed by atoms with E-state index in [-0.39, 0.29) is 11.0 Å². The molecule has 3 unspecified atom stereocenters. The monoisotopic (exact) mass is 278 g/mol. The maximum absolute atomic E-state index is 12.5. The number of rotatable bonds is 4. The lowest BCUT2D eigenvalue weighted by molar-refractivity contribution is 0.201. The third-order valence-corrected chi connectivity index (χ3v) is 6.60. The van der Waals surface area contributed by atoms with Crippen LogP contribution in [0.5, 0.6) is 0 Å². The fraction of sp³-hybridized carbons (Fsp3) is 0.909. The third-order valence-electron chi connectivity index (χ3n) is 3.69. The first kappa shape index (κ1) is 14.9. The standard InChI is InChI=1S/C11H22N2O2S2/c1-4-10(11(12)16)17(14,15)13-7-5-6-8(2)9(13)3/h8-10H,4-7H2,1-3H3,(H2,12,16). The van der Waals surface area contributed by atoms with Crippen LogP contribution in [0.2, 0.25) is 0 Å². The molecule has 0 saturated carbocycles. The predicted octanol–water partition coefficient (Wildman–Crippen LogP) is 1.50. The van der Waals surface area contributed by atoms with Crippen molar-refractivity contribution in [2.24, 2.45) is 11.7 Å². The molecule has 1 saturated heterocycles. The lowest BCUT2D eigenvalue weighted by Crippen LogP contribution is -2.51. The molecule has 0 radical (unpaired) electrons. The summed E-state index contributed by atoms with van der Waals surface area (Å²) in [6.07, 6.45) is 2.44. The van der Waals surface area contributed by atoms with Crippen LogP contribution in [-0.4, -0.2) is 35.5 Å². The summed E-state index contributed by atoms with van der Waals surface area (Å²) in [6, 6.07) is 0.0390. The Labute approximate surface area is 110 Å². The molecule has 17 heavy (non-hydrogen) atoms. The van der Waals surface area contributed by atoms with E-state index in [4.69, 9.17) is 18.0 Å². The van der Waals surface area contributed by atoms with Gasteiger partial charge in [0.25, 0.3) is 0 Å². The Morgan fingerprint density at radius 1 is 1.53 bits per heavy atom. The molecule has 100 valence electrons. The molecule has 0 aromatic heterocycles. The minimum atomic E-state index is -3.39. The van der Waals surface area contributed by atoms with E-state index in [2.05, 4.69) is 6.92 Å². The highest BCUT2D eigenvalue weighted by Gasteiger charge is 2.38. The van der Waals surface area contributed by atoms with Crippen molar-refractivity contribution in [1.29, 1.82) is 0 Å². The van der Waals surface area contributed by atoms with E-state index in [1.807, 2.05) is 6.92 Å². The van der Waals surface area contributed by atoms with E-state index in [1.165, 1.54) is 0 Å². The Morgan fingerprint density at radius 2 is 2.12 bits per heavy atom. The second kappa shape index (κ2) is 5.63. The van der Waals surface area contributed by atoms with E-state index >= 15 is 0 Å². The van der Waals surface area contributed by atoms with Gasteiger partial charge >= 0.3 is 0 Å². The van der Waals surface area contributed by atoms with Crippen molar-refractivity contribution >= 4 is 27.2 Å². The maximum atomic E-state index is 12.5. The van der Waals surface area contributed by atoms with E-state index < -0.39 is 15.3 Å². The summed E-state index contributed by atoms with van der Waals surface area (Å²) in [6.45, 7) is 6.45. The van der Waals surface area contributed by atoms with Gasteiger partial charge in [0.15, 0.2) is 0 Å². The van der Waals surface area contributed by atoms with Crippen LogP contribution in [0.1, 0.15) is 40.0 Å². The molecular formula is C11H22N2O2S2. The maximum Gasteiger partial charge on any atom is 0.223 e. The molecule has 1 heterocycles. The molecule has 4 nitrogen and oxygen atoms in total. The van der Waals surface area contributed by atoms with Gasteiger partial charge in [-0.25, -0.2) is 8.42 Å². The van der Waals surface area contributed by atoms with Gasteiger partial charge in [0, 0.05) is 12.6 Å². The van der Waals surface area contributed by atoms with Gasteiger partial charge in [-0.3, -0.25) is 0 Å². The Hall–Kier alpha value is -0.200.